The summed E-state index contributed by atoms with van der Waals surface area (Å²) in [7, 11) is -4.35. The molecule has 1 rings (SSSR count). The molecule has 0 aliphatic carbocycles. The minimum atomic E-state index is -4.35. The number of halogens is 2. The molecule has 0 aliphatic heterocycles. The van der Waals surface area contributed by atoms with Crippen LogP contribution in [0.2, 0.25) is 0 Å². The molecule has 1 aromatic carbocycles. The number of non-ortho nitro benzene ring substituents is 1. The molecule has 0 aromatic heterocycles. The fourth-order valence-electron chi connectivity index (χ4n) is 1.17. The molecule has 0 atom stereocenters. The van der Waals surface area contributed by atoms with Crippen LogP contribution in [0.15, 0.2) is 21.5 Å². The maximum absolute atomic E-state index is 13.8. The molecule has 20 heavy (non-hydrogen) atoms. The van der Waals surface area contributed by atoms with Crippen molar-refractivity contribution >= 4 is 31.6 Å². The number of rotatable bonds is 6. The van der Waals surface area contributed by atoms with E-state index < -0.39 is 31.3 Å². The Hall–Kier alpha value is -1.10. The monoisotopic (exact) mass is 370 g/mol. The molecule has 0 spiro atoms. The molecule has 0 heterocycles. The lowest BCUT2D eigenvalue weighted by Gasteiger charge is -2.10. The molecule has 10 heteroatoms. The zero-order valence-electron chi connectivity index (χ0n) is 10.6. The van der Waals surface area contributed by atoms with E-state index in [0.717, 1.165) is 6.07 Å². The van der Waals surface area contributed by atoms with E-state index in [-0.39, 0.29) is 17.0 Å². The minimum Gasteiger partial charge on any atom is -0.287 e. The van der Waals surface area contributed by atoms with Gasteiger partial charge in [0.05, 0.1) is 16.0 Å². The second kappa shape index (κ2) is 6.57. The van der Waals surface area contributed by atoms with Gasteiger partial charge in [-0.3, -0.25) is 15.0 Å². The van der Waals surface area contributed by atoms with Crippen molar-refractivity contribution < 1.29 is 22.6 Å². The van der Waals surface area contributed by atoms with Crippen LogP contribution in [-0.4, -0.2) is 19.9 Å². The summed E-state index contributed by atoms with van der Waals surface area (Å²) in [4.78, 5) is 15.4. The third-order valence-corrected chi connectivity index (χ3v) is 3.86. The number of nitrogens with zero attached hydrogens (tertiary/aromatic N) is 1. The third-order valence-electron chi connectivity index (χ3n) is 2.07. The van der Waals surface area contributed by atoms with Gasteiger partial charge in [0.1, 0.15) is 4.90 Å². The van der Waals surface area contributed by atoms with E-state index in [1.807, 2.05) is 0 Å². The van der Waals surface area contributed by atoms with Crippen LogP contribution in [0.1, 0.15) is 13.8 Å². The normalized spacial score (nSPS) is 11.8. The Bertz CT molecular complexity index is 620. The lowest BCUT2D eigenvalue weighted by atomic mass is 10.2. The first kappa shape index (κ1) is 17.0. The molecule has 0 saturated carbocycles. The summed E-state index contributed by atoms with van der Waals surface area (Å²) in [6.45, 7) is 3.66. The summed E-state index contributed by atoms with van der Waals surface area (Å²) in [5, 5.41) is 10.7. The third kappa shape index (κ3) is 4.20. The summed E-state index contributed by atoms with van der Waals surface area (Å²) < 4.78 is 37.1. The van der Waals surface area contributed by atoms with Crippen molar-refractivity contribution in [2.75, 3.05) is 6.61 Å². The first-order chi connectivity index (χ1) is 9.15. The van der Waals surface area contributed by atoms with Crippen LogP contribution in [-0.2, 0) is 14.9 Å². The smallest absolute Gasteiger partial charge is 0.272 e. The number of benzene rings is 1. The second-order valence-corrected chi connectivity index (χ2v) is 6.76. The number of nitro benzene ring substituents is 1. The molecule has 0 aliphatic rings. The Morgan fingerprint density at radius 1 is 1.50 bits per heavy atom. The summed E-state index contributed by atoms with van der Waals surface area (Å²) in [5.74, 6) is -1.07. The fraction of sp³-hybridized carbons (Fsp3) is 0.400. The van der Waals surface area contributed by atoms with Gasteiger partial charge in [-0.1, -0.05) is 18.7 Å². The van der Waals surface area contributed by atoms with Crippen LogP contribution in [0.25, 0.3) is 0 Å². The average molecular weight is 371 g/mol. The van der Waals surface area contributed by atoms with Crippen LogP contribution in [0.5, 0.6) is 0 Å². The van der Waals surface area contributed by atoms with Crippen molar-refractivity contribution in [3.8, 4) is 0 Å². The minimum absolute atomic E-state index is 0.0550. The highest BCUT2D eigenvalue weighted by atomic mass is 79.9. The molecule has 0 bridgehead atoms. The molecule has 0 fully saturated rings. The van der Waals surface area contributed by atoms with Gasteiger partial charge in [-0.15, -0.1) is 0 Å². The Morgan fingerprint density at radius 2 is 2.10 bits per heavy atom. The van der Waals surface area contributed by atoms with Crippen molar-refractivity contribution in [1.29, 1.82) is 0 Å². The molecule has 0 unspecified atom stereocenters. The second-order valence-electron chi connectivity index (χ2n) is 4.29. The largest absolute Gasteiger partial charge is 0.287 e. The van der Waals surface area contributed by atoms with Gasteiger partial charge in [-0.25, -0.2) is 12.8 Å². The summed E-state index contributed by atoms with van der Waals surface area (Å²) >= 11 is 2.74. The molecule has 0 amide bonds. The van der Waals surface area contributed by atoms with Crippen molar-refractivity contribution in [2.45, 2.75) is 18.7 Å². The van der Waals surface area contributed by atoms with E-state index in [4.69, 9.17) is 4.84 Å². The van der Waals surface area contributed by atoms with Crippen LogP contribution in [0.4, 0.5) is 10.1 Å². The highest BCUT2D eigenvalue weighted by Gasteiger charge is 2.25. The van der Waals surface area contributed by atoms with E-state index in [2.05, 4.69) is 15.9 Å². The van der Waals surface area contributed by atoms with Crippen molar-refractivity contribution in [3.63, 3.8) is 0 Å². The predicted octanol–water partition coefficient (Wildman–Crippen LogP) is 2.36. The Balaban J connectivity index is 3.14. The van der Waals surface area contributed by atoms with Gasteiger partial charge in [0.15, 0.2) is 5.82 Å². The lowest BCUT2D eigenvalue weighted by Crippen LogP contribution is -2.26. The Kier molecular flexibility index (Phi) is 5.57. The average Bonchev–Trinajstić information content (AvgIpc) is 2.31. The van der Waals surface area contributed by atoms with E-state index in [9.17, 15) is 22.9 Å². The Morgan fingerprint density at radius 3 is 2.60 bits per heavy atom. The number of nitrogens with one attached hydrogen (secondary N) is 1. The number of hydrogen-bond donors (Lipinski definition) is 1. The molecule has 0 saturated heterocycles. The summed E-state index contributed by atoms with van der Waals surface area (Å²) in [6, 6.07) is 1.50. The Labute approximate surface area is 123 Å². The predicted molar refractivity (Wildman–Crippen MR) is 71.9 cm³/mol. The molecule has 112 valence electrons. The molecular weight excluding hydrogens is 359 g/mol. The SMILES string of the molecule is CC(C)CONS(=O)(=O)c1cc([N+](=O)[O-])cc(Br)c1F. The topological polar surface area (TPSA) is 98.5 Å². The van der Waals surface area contributed by atoms with E-state index in [1.54, 1.807) is 18.7 Å². The number of nitro groups is 1. The number of hydrogen-bond acceptors (Lipinski definition) is 5. The molecule has 7 nitrogen and oxygen atoms in total. The van der Waals surface area contributed by atoms with Gasteiger partial charge < -0.3 is 0 Å². The van der Waals surface area contributed by atoms with Crippen LogP contribution in [0.3, 0.4) is 0 Å². The standard InChI is InChI=1S/C10H12BrFN2O5S/c1-6(2)5-19-13-20(17,18)9-4-7(14(15)16)3-8(11)10(9)12/h3-4,6,13H,5H2,1-2H3. The fourth-order valence-corrected chi connectivity index (χ4v) is 2.69. The molecule has 1 N–H and O–H groups in total. The van der Waals surface area contributed by atoms with Crippen LogP contribution in [0, 0.1) is 21.8 Å². The van der Waals surface area contributed by atoms with Crippen LogP contribution < -0.4 is 4.89 Å². The van der Waals surface area contributed by atoms with Gasteiger partial charge >= 0.3 is 0 Å². The molecule has 1 aromatic rings. The van der Waals surface area contributed by atoms with E-state index >= 15 is 0 Å². The first-order valence-corrected chi connectivity index (χ1v) is 7.69. The van der Waals surface area contributed by atoms with Gasteiger partial charge in [-0.05, 0) is 21.8 Å². The summed E-state index contributed by atoms with van der Waals surface area (Å²) in [6.07, 6.45) is 0. The lowest BCUT2D eigenvalue weighted by molar-refractivity contribution is -0.385. The first-order valence-electron chi connectivity index (χ1n) is 5.42. The van der Waals surface area contributed by atoms with Gasteiger partial charge in [0.2, 0.25) is 0 Å². The maximum Gasteiger partial charge on any atom is 0.272 e. The highest BCUT2D eigenvalue weighted by molar-refractivity contribution is 9.10. The quantitative estimate of drug-likeness (QED) is 0.612. The zero-order chi connectivity index (χ0) is 15.5. The van der Waals surface area contributed by atoms with Crippen molar-refractivity contribution in [2.24, 2.45) is 5.92 Å². The van der Waals surface area contributed by atoms with Gasteiger partial charge in [-0.2, -0.15) is 0 Å². The maximum atomic E-state index is 13.8. The zero-order valence-corrected chi connectivity index (χ0v) is 13.0. The van der Waals surface area contributed by atoms with Gasteiger partial charge in [0, 0.05) is 12.1 Å². The van der Waals surface area contributed by atoms with Crippen LogP contribution >= 0.6 is 15.9 Å². The molecule has 0 radical (unpaired) electrons. The van der Waals surface area contributed by atoms with E-state index in [1.165, 1.54) is 0 Å². The van der Waals surface area contributed by atoms with Gasteiger partial charge in [0.25, 0.3) is 15.7 Å². The summed E-state index contributed by atoms with van der Waals surface area (Å²) in [5.41, 5.74) is -0.553. The van der Waals surface area contributed by atoms with Crippen molar-refractivity contribution in [3.05, 3.63) is 32.5 Å². The highest BCUT2D eigenvalue weighted by Crippen LogP contribution is 2.28. The number of sulfonamides is 1. The van der Waals surface area contributed by atoms with E-state index in [0.29, 0.717) is 6.07 Å². The molecular formula is C10H12BrFN2O5S. The van der Waals surface area contributed by atoms with Crippen molar-refractivity contribution in [1.82, 2.24) is 4.89 Å².